The minimum atomic E-state index is -0.974. The molecule has 1 rings (SSSR count). The Morgan fingerprint density at radius 2 is 2.06 bits per heavy atom. The number of nitrogens with one attached hydrogen (secondary N) is 2. The summed E-state index contributed by atoms with van der Waals surface area (Å²) in [5, 5.41) is 14.3. The maximum absolute atomic E-state index is 11.6. The van der Waals surface area contributed by atoms with Crippen LogP contribution in [0, 0.1) is 11.8 Å². The van der Waals surface area contributed by atoms with E-state index in [-0.39, 0.29) is 11.9 Å². The number of aliphatic carboxylic acids is 1. The minimum absolute atomic E-state index is 0.0696. The first-order valence-electron chi connectivity index (χ1n) is 6.81. The molecule has 0 aromatic carbocycles. The fraction of sp³-hybridized carbons (Fsp3) is 0.846. The molecule has 5 nitrogen and oxygen atoms in total. The molecular weight excluding hydrogens is 232 g/mol. The summed E-state index contributed by atoms with van der Waals surface area (Å²) in [5.41, 5.74) is 0. The number of hydrogen-bond donors (Lipinski definition) is 3. The minimum Gasteiger partial charge on any atom is -0.480 e. The van der Waals surface area contributed by atoms with E-state index in [1.54, 1.807) is 0 Å². The van der Waals surface area contributed by atoms with E-state index in [4.69, 9.17) is 5.11 Å². The van der Waals surface area contributed by atoms with Gasteiger partial charge in [0.25, 0.3) is 0 Å². The van der Waals surface area contributed by atoms with Crippen LogP contribution >= 0.6 is 0 Å². The molecule has 0 bridgehead atoms. The Hall–Kier alpha value is -1.26. The SMILES string of the molecule is CCC(C)[C@H](NC(=O)NCCC1CCC1)C(=O)O. The first-order valence-corrected chi connectivity index (χ1v) is 6.81. The van der Waals surface area contributed by atoms with Crippen molar-refractivity contribution in [3.8, 4) is 0 Å². The third-order valence-corrected chi connectivity index (χ3v) is 3.83. The van der Waals surface area contributed by atoms with E-state index >= 15 is 0 Å². The quantitative estimate of drug-likeness (QED) is 0.651. The first-order chi connectivity index (χ1) is 8.54. The summed E-state index contributed by atoms with van der Waals surface area (Å²) in [6, 6.07) is -1.18. The van der Waals surface area contributed by atoms with Crippen LogP contribution in [-0.2, 0) is 4.79 Å². The van der Waals surface area contributed by atoms with Gasteiger partial charge in [0.15, 0.2) is 0 Å². The second-order valence-corrected chi connectivity index (χ2v) is 5.19. The molecule has 2 amide bonds. The molecule has 2 atom stereocenters. The molecule has 0 radical (unpaired) electrons. The van der Waals surface area contributed by atoms with Crippen LogP contribution in [0.15, 0.2) is 0 Å². The number of carbonyl (C=O) groups excluding carboxylic acids is 1. The Balaban J connectivity index is 2.24. The summed E-state index contributed by atoms with van der Waals surface area (Å²) in [4.78, 5) is 22.6. The van der Waals surface area contributed by atoms with E-state index in [1.165, 1.54) is 19.3 Å². The first kappa shape index (κ1) is 14.8. The third-order valence-electron chi connectivity index (χ3n) is 3.83. The lowest BCUT2D eigenvalue weighted by Crippen LogP contribution is -2.49. The van der Waals surface area contributed by atoms with Gasteiger partial charge in [-0.25, -0.2) is 9.59 Å². The second kappa shape index (κ2) is 7.24. The smallest absolute Gasteiger partial charge is 0.326 e. The molecule has 0 aliphatic heterocycles. The predicted molar refractivity (Wildman–Crippen MR) is 69.4 cm³/mol. The molecule has 1 saturated carbocycles. The molecular formula is C13H24N2O3. The van der Waals surface area contributed by atoms with Crippen LogP contribution in [0.1, 0.15) is 46.0 Å². The van der Waals surface area contributed by atoms with Crippen molar-refractivity contribution in [1.29, 1.82) is 0 Å². The van der Waals surface area contributed by atoms with Crippen LogP contribution in [-0.4, -0.2) is 29.7 Å². The molecule has 1 aliphatic carbocycles. The van der Waals surface area contributed by atoms with Gasteiger partial charge >= 0.3 is 12.0 Å². The van der Waals surface area contributed by atoms with Gasteiger partial charge in [-0.1, -0.05) is 39.5 Å². The number of carbonyl (C=O) groups is 2. The van der Waals surface area contributed by atoms with Crippen molar-refractivity contribution in [2.75, 3.05) is 6.54 Å². The van der Waals surface area contributed by atoms with Crippen molar-refractivity contribution in [2.45, 2.75) is 52.0 Å². The molecule has 0 heterocycles. The van der Waals surface area contributed by atoms with Crippen LogP contribution in [0.5, 0.6) is 0 Å². The van der Waals surface area contributed by atoms with E-state index in [1.807, 2.05) is 13.8 Å². The van der Waals surface area contributed by atoms with Crippen molar-refractivity contribution in [2.24, 2.45) is 11.8 Å². The Morgan fingerprint density at radius 3 is 2.50 bits per heavy atom. The average Bonchev–Trinajstić information content (AvgIpc) is 2.27. The van der Waals surface area contributed by atoms with Gasteiger partial charge in [-0.15, -0.1) is 0 Å². The van der Waals surface area contributed by atoms with E-state index in [2.05, 4.69) is 10.6 Å². The largest absolute Gasteiger partial charge is 0.480 e. The van der Waals surface area contributed by atoms with Gasteiger partial charge in [0.05, 0.1) is 0 Å². The van der Waals surface area contributed by atoms with Crippen LogP contribution in [0.4, 0.5) is 4.79 Å². The molecule has 0 saturated heterocycles. The highest BCUT2D eigenvalue weighted by molar-refractivity contribution is 5.82. The van der Waals surface area contributed by atoms with E-state index in [0.29, 0.717) is 6.54 Å². The zero-order valence-electron chi connectivity index (χ0n) is 11.2. The van der Waals surface area contributed by atoms with Crippen LogP contribution in [0.2, 0.25) is 0 Å². The molecule has 1 fully saturated rings. The second-order valence-electron chi connectivity index (χ2n) is 5.19. The van der Waals surface area contributed by atoms with Gasteiger partial charge in [0, 0.05) is 6.54 Å². The Bertz CT molecular complexity index is 290. The van der Waals surface area contributed by atoms with E-state index < -0.39 is 12.0 Å². The highest BCUT2D eigenvalue weighted by Crippen LogP contribution is 2.28. The van der Waals surface area contributed by atoms with Crippen molar-refractivity contribution in [3.05, 3.63) is 0 Å². The lowest BCUT2D eigenvalue weighted by atomic mass is 9.83. The summed E-state index contributed by atoms with van der Waals surface area (Å²) in [7, 11) is 0. The van der Waals surface area contributed by atoms with Crippen molar-refractivity contribution >= 4 is 12.0 Å². The van der Waals surface area contributed by atoms with E-state index in [0.717, 1.165) is 18.8 Å². The zero-order valence-corrected chi connectivity index (χ0v) is 11.2. The number of hydrogen-bond acceptors (Lipinski definition) is 2. The zero-order chi connectivity index (χ0) is 13.5. The Labute approximate surface area is 108 Å². The number of amides is 2. The summed E-state index contributed by atoms with van der Waals surface area (Å²) in [6.07, 6.45) is 5.53. The van der Waals surface area contributed by atoms with Crippen LogP contribution in [0.25, 0.3) is 0 Å². The van der Waals surface area contributed by atoms with Gasteiger partial charge in [-0.3, -0.25) is 0 Å². The fourth-order valence-electron chi connectivity index (χ4n) is 2.05. The van der Waals surface area contributed by atoms with Gasteiger partial charge in [0.1, 0.15) is 6.04 Å². The molecule has 1 unspecified atom stereocenters. The monoisotopic (exact) mass is 256 g/mol. The van der Waals surface area contributed by atoms with Crippen molar-refractivity contribution < 1.29 is 14.7 Å². The number of rotatable bonds is 7. The number of carboxylic acid groups (broad SMARTS) is 1. The summed E-state index contributed by atoms with van der Waals surface area (Å²) in [6.45, 7) is 4.37. The predicted octanol–water partition coefficient (Wildman–Crippen LogP) is 1.98. The average molecular weight is 256 g/mol. The number of carboxylic acids is 1. The highest BCUT2D eigenvalue weighted by Gasteiger charge is 2.25. The molecule has 104 valence electrons. The molecule has 5 heteroatoms. The summed E-state index contributed by atoms with van der Waals surface area (Å²) >= 11 is 0. The van der Waals surface area contributed by atoms with Crippen LogP contribution in [0.3, 0.4) is 0 Å². The molecule has 3 N–H and O–H groups in total. The molecule has 18 heavy (non-hydrogen) atoms. The van der Waals surface area contributed by atoms with Gasteiger partial charge in [-0.2, -0.15) is 0 Å². The van der Waals surface area contributed by atoms with Gasteiger partial charge in [-0.05, 0) is 18.3 Å². The Kier molecular flexibility index (Phi) is 5.95. The molecule has 0 aromatic rings. The molecule has 1 aliphatic rings. The van der Waals surface area contributed by atoms with Crippen LogP contribution < -0.4 is 10.6 Å². The highest BCUT2D eigenvalue weighted by atomic mass is 16.4. The third kappa shape index (κ3) is 4.55. The Morgan fingerprint density at radius 1 is 1.39 bits per heavy atom. The normalized spacial score (nSPS) is 18.6. The fourth-order valence-corrected chi connectivity index (χ4v) is 2.05. The number of urea groups is 1. The molecule has 0 spiro atoms. The lowest BCUT2D eigenvalue weighted by Gasteiger charge is -2.25. The van der Waals surface area contributed by atoms with Crippen molar-refractivity contribution in [3.63, 3.8) is 0 Å². The summed E-state index contributed by atoms with van der Waals surface area (Å²) in [5.74, 6) is -0.298. The maximum atomic E-state index is 11.6. The topological polar surface area (TPSA) is 78.4 Å². The van der Waals surface area contributed by atoms with Gasteiger partial charge < -0.3 is 15.7 Å². The lowest BCUT2D eigenvalue weighted by molar-refractivity contribution is -0.140. The van der Waals surface area contributed by atoms with Gasteiger partial charge in [0.2, 0.25) is 0 Å². The van der Waals surface area contributed by atoms with E-state index in [9.17, 15) is 9.59 Å². The maximum Gasteiger partial charge on any atom is 0.326 e. The molecule has 0 aromatic heterocycles. The van der Waals surface area contributed by atoms with Crippen molar-refractivity contribution in [1.82, 2.24) is 10.6 Å². The summed E-state index contributed by atoms with van der Waals surface area (Å²) < 4.78 is 0. The standard InChI is InChI=1S/C13H24N2O3/c1-3-9(2)11(12(16)17)15-13(18)14-8-7-10-5-4-6-10/h9-11H,3-8H2,1-2H3,(H,16,17)(H2,14,15,18)/t9?,11-/m0/s1.